The zero-order valence-corrected chi connectivity index (χ0v) is 12.4. The van der Waals surface area contributed by atoms with Crippen molar-refractivity contribution in [1.29, 1.82) is 0 Å². The van der Waals surface area contributed by atoms with E-state index in [9.17, 15) is 14.0 Å². The topological polar surface area (TPSA) is 78.4 Å². The highest BCUT2D eigenvalue weighted by atomic mass is 19.1. The number of rotatable bonds is 6. The molecule has 1 aromatic rings. The SMILES string of the molecule is CC[C@H](C)[C@H](NC(=O)NC(C)c1ccc(F)cc1)C(=O)O. The van der Waals surface area contributed by atoms with Crippen molar-refractivity contribution in [2.75, 3.05) is 0 Å². The second kappa shape index (κ2) is 7.61. The number of aliphatic carboxylic acids is 1. The molecule has 0 aliphatic carbocycles. The third-order valence-corrected chi connectivity index (χ3v) is 3.48. The van der Waals surface area contributed by atoms with Crippen molar-refractivity contribution >= 4 is 12.0 Å². The number of amides is 2. The smallest absolute Gasteiger partial charge is 0.326 e. The summed E-state index contributed by atoms with van der Waals surface area (Å²) in [5.74, 6) is -1.58. The lowest BCUT2D eigenvalue weighted by molar-refractivity contribution is -0.140. The van der Waals surface area contributed by atoms with Crippen molar-refractivity contribution in [2.45, 2.75) is 39.3 Å². The molecule has 21 heavy (non-hydrogen) atoms. The molecule has 0 aliphatic rings. The minimum atomic E-state index is -1.06. The number of benzene rings is 1. The minimum absolute atomic E-state index is 0.172. The van der Waals surface area contributed by atoms with Crippen LogP contribution in [0.2, 0.25) is 0 Å². The normalized spacial score (nSPS) is 14.9. The monoisotopic (exact) mass is 296 g/mol. The Hall–Kier alpha value is -2.11. The molecule has 0 spiro atoms. The largest absolute Gasteiger partial charge is 0.480 e. The fourth-order valence-electron chi connectivity index (χ4n) is 1.90. The Labute approximate surface area is 123 Å². The Morgan fingerprint density at radius 1 is 1.19 bits per heavy atom. The first-order chi connectivity index (χ1) is 9.85. The molecule has 0 radical (unpaired) electrons. The van der Waals surface area contributed by atoms with Crippen LogP contribution < -0.4 is 10.6 Å². The second-order valence-electron chi connectivity index (χ2n) is 5.09. The molecular weight excluding hydrogens is 275 g/mol. The molecule has 1 unspecified atom stereocenters. The predicted octanol–water partition coefficient (Wildman–Crippen LogP) is 2.69. The number of carboxylic acids is 1. The van der Waals surface area contributed by atoms with Gasteiger partial charge in [-0.2, -0.15) is 0 Å². The first kappa shape index (κ1) is 16.9. The van der Waals surface area contributed by atoms with Crippen LogP contribution in [0.3, 0.4) is 0 Å². The van der Waals surface area contributed by atoms with Crippen molar-refractivity contribution in [3.05, 3.63) is 35.6 Å². The highest BCUT2D eigenvalue weighted by Crippen LogP contribution is 2.13. The van der Waals surface area contributed by atoms with Crippen LogP contribution in [0.15, 0.2) is 24.3 Å². The van der Waals surface area contributed by atoms with Crippen LogP contribution in [-0.4, -0.2) is 23.1 Å². The molecular formula is C15H21FN2O3. The van der Waals surface area contributed by atoms with E-state index in [-0.39, 0.29) is 17.8 Å². The lowest BCUT2D eigenvalue weighted by atomic mass is 9.99. The number of nitrogens with one attached hydrogen (secondary N) is 2. The first-order valence-electron chi connectivity index (χ1n) is 6.90. The van der Waals surface area contributed by atoms with Crippen molar-refractivity contribution in [3.63, 3.8) is 0 Å². The van der Waals surface area contributed by atoms with Crippen LogP contribution in [-0.2, 0) is 4.79 Å². The van der Waals surface area contributed by atoms with Crippen LogP contribution in [0.4, 0.5) is 9.18 Å². The van der Waals surface area contributed by atoms with Gasteiger partial charge in [-0.3, -0.25) is 0 Å². The van der Waals surface area contributed by atoms with E-state index in [0.29, 0.717) is 6.42 Å². The van der Waals surface area contributed by atoms with Crippen LogP contribution >= 0.6 is 0 Å². The van der Waals surface area contributed by atoms with Gasteiger partial charge < -0.3 is 15.7 Å². The summed E-state index contributed by atoms with van der Waals surface area (Å²) >= 11 is 0. The van der Waals surface area contributed by atoms with E-state index in [4.69, 9.17) is 5.11 Å². The minimum Gasteiger partial charge on any atom is -0.480 e. The Balaban J connectivity index is 2.63. The molecule has 0 saturated heterocycles. The van der Waals surface area contributed by atoms with Crippen LogP contribution in [0.5, 0.6) is 0 Å². The van der Waals surface area contributed by atoms with Gasteiger partial charge in [0.25, 0.3) is 0 Å². The van der Waals surface area contributed by atoms with Gasteiger partial charge >= 0.3 is 12.0 Å². The van der Waals surface area contributed by atoms with Gasteiger partial charge in [0.1, 0.15) is 11.9 Å². The zero-order valence-electron chi connectivity index (χ0n) is 12.4. The van der Waals surface area contributed by atoms with Crippen molar-refractivity contribution < 1.29 is 19.1 Å². The van der Waals surface area contributed by atoms with Crippen LogP contribution in [0.25, 0.3) is 0 Å². The molecule has 2 amide bonds. The molecule has 0 saturated carbocycles. The van der Waals surface area contributed by atoms with Gasteiger partial charge in [-0.25, -0.2) is 14.0 Å². The lowest BCUT2D eigenvalue weighted by Gasteiger charge is -2.22. The maximum absolute atomic E-state index is 12.8. The molecule has 0 fully saturated rings. The Bertz CT molecular complexity index is 490. The van der Waals surface area contributed by atoms with Gasteiger partial charge in [0.2, 0.25) is 0 Å². The molecule has 0 bridgehead atoms. The summed E-state index contributed by atoms with van der Waals surface area (Å²) in [4.78, 5) is 23.0. The summed E-state index contributed by atoms with van der Waals surface area (Å²) in [7, 11) is 0. The highest BCUT2D eigenvalue weighted by Gasteiger charge is 2.25. The number of urea groups is 1. The van der Waals surface area contributed by atoms with Crippen LogP contribution in [0, 0.1) is 11.7 Å². The molecule has 5 nitrogen and oxygen atoms in total. The number of carbonyl (C=O) groups excluding carboxylic acids is 1. The Morgan fingerprint density at radius 2 is 1.76 bits per heavy atom. The zero-order chi connectivity index (χ0) is 16.0. The highest BCUT2D eigenvalue weighted by molar-refractivity contribution is 5.82. The lowest BCUT2D eigenvalue weighted by Crippen LogP contribution is -2.49. The Morgan fingerprint density at radius 3 is 2.24 bits per heavy atom. The molecule has 3 atom stereocenters. The fraction of sp³-hybridized carbons (Fsp3) is 0.467. The van der Waals surface area contributed by atoms with Crippen molar-refractivity contribution in [3.8, 4) is 0 Å². The van der Waals surface area contributed by atoms with Gasteiger partial charge in [0, 0.05) is 0 Å². The summed E-state index contributed by atoms with van der Waals surface area (Å²) in [6.07, 6.45) is 0.644. The fourth-order valence-corrected chi connectivity index (χ4v) is 1.90. The number of hydrogen-bond acceptors (Lipinski definition) is 2. The Kier molecular flexibility index (Phi) is 6.14. The van der Waals surface area contributed by atoms with Crippen molar-refractivity contribution in [2.24, 2.45) is 5.92 Å². The standard InChI is InChI=1S/C15H21FN2O3/c1-4-9(2)13(14(19)20)18-15(21)17-10(3)11-5-7-12(16)8-6-11/h5-10,13H,4H2,1-3H3,(H,19,20)(H2,17,18,21)/t9-,10?,13-/m0/s1. The molecule has 0 heterocycles. The predicted molar refractivity (Wildman–Crippen MR) is 77.4 cm³/mol. The van der Waals surface area contributed by atoms with E-state index in [1.807, 2.05) is 6.92 Å². The molecule has 1 rings (SSSR count). The van der Waals surface area contributed by atoms with Gasteiger partial charge in [-0.1, -0.05) is 32.4 Å². The average molecular weight is 296 g/mol. The van der Waals surface area contributed by atoms with Crippen molar-refractivity contribution in [1.82, 2.24) is 10.6 Å². The molecule has 0 aliphatic heterocycles. The summed E-state index contributed by atoms with van der Waals surface area (Å²) in [6.45, 7) is 5.37. The number of halogens is 1. The van der Waals surface area contributed by atoms with Gasteiger partial charge in [0.05, 0.1) is 6.04 Å². The second-order valence-corrected chi connectivity index (χ2v) is 5.09. The quantitative estimate of drug-likeness (QED) is 0.755. The maximum atomic E-state index is 12.8. The molecule has 1 aromatic carbocycles. The van der Waals surface area contributed by atoms with Gasteiger partial charge in [-0.05, 0) is 30.5 Å². The van der Waals surface area contributed by atoms with E-state index in [1.165, 1.54) is 12.1 Å². The molecule has 6 heteroatoms. The maximum Gasteiger partial charge on any atom is 0.326 e. The summed E-state index contributed by atoms with van der Waals surface area (Å²) < 4.78 is 12.8. The third kappa shape index (κ3) is 5.06. The number of carbonyl (C=O) groups is 2. The van der Waals surface area contributed by atoms with E-state index in [1.54, 1.807) is 26.0 Å². The summed E-state index contributed by atoms with van der Waals surface area (Å²) in [5.41, 5.74) is 0.738. The van der Waals surface area contributed by atoms with E-state index in [2.05, 4.69) is 10.6 Å². The molecule has 0 aromatic heterocycles. The van der Waals surface area contributed by atoms with E-state index >= 15 is 0 Å². The van der Waals surface area contributed by atoms with Gasteiger partial charge in [0.15, 0.2) is 0 Å². The summed E-state index contributed by atoms with van der Waals surface area (Å²) in [6, 6.07) is 3.93. The van der Waals surface area contributed by atoms with Gasteiger partial charge in [-0.15, -0.1) is 0 Å². The first-order valence-corrected chi connectivity index (χ1v) is 6.90. The van der Waals surface area contributed by atoms with E-state index in [0.717, 1.165) is 5.56 Å². The molecule has 116 valence electrons. The number of carboxylic acid groups (broad SMARTS) is 1. The third-order valence-electron chi connectivity index (χ3n) is 3.48. The van der Waals surface area contributed by atoms with Crippen LogP contribution in [0.1, 0.15) is 38.8 Å². The summed E-state index contributed by atoms with van der Waals surface area (Å²) in [5, 5.41) is 14.2. The molecule has 3 N–H and O–H groups in total. The average Bonchev–Trinajstić information content (AvgIpc) is 2.44. The number of hydrogen-bond donors (Lipinski definition) is 3. The van der Waals surface area contributed by atoms with E-state index < -0.39 is 18.0 Å².